The van der Waals surface area contributed by atoms with Gasteiger partial charge in [-0.25, -0.2) is 9.97 Å². The Hall–Kier alpha value is -1.32. The van der Waals surface area contributed by atoms with Gasteiger partial charge in [-0.3, -0.25) is 4.90 Å². The molecule has 2 aromatic heterocycles. The lowest BCUT2D eigenvalue weighted by Crippen LogP contribution is -2.52. The first-order chi connectivity index (χ1) is 14.8. The lowest BCUT2D eigenvalue weighted by molar-refractivity contribution is -0.0580. The Labute approximate surface area is 181 Å². The third-order valence-corrected chi connectivity index (χ3v) is 8.11. The van der Waals surface area contributed by atoms with Crippen LogP contribution in [0.25, 0.3) is 10.2 Å². The van der Waals surface area contributed by atoms with Crippen LogP contribution in [0, 0.1) is 0 Å². The zero-order valence-corrected chi connectivity index (χ0v) is 18.3. The van der Waals surface area contributed by atoms with Crippen LogP contribution in [0.1, 0.15) is 35.5 Å². The molecule has 0 radical (unpaired) electrons. The first-order valence-corrected chi connectivity index (χ1v) is 12.2. The third-order valence-electron chi connectivity index (χ3n) is 6.93. The molecule has 0 N–H and O–H groups in total. The van der Waals surface area contributed by atoms with Crippen molar-refractivity contribution in [1.82, 2.24) is 14.9 Å². The molecule has 162 valence electrons. The van der Waals surface area contributed by atoms with Gasteiger partial charge in [-0.15, -0.1) is 11.3 Å². The zero-order valence-electron chi connectivity index (χ0n) is 17.5. The highest BCUT2D eigenvalue weighted by Gasteiger charge is 2.41. The fourth-order valence-corrected chi connectivity index (χ4v) is 6.57. The molecule has 4 aliphatic rings. The second-order valence-corrected chi connectivity index (χ2v) is 10.1. The minimum Gasteiger partial charge on any atom is -0.379 e. The van der Waals surface area contributed by atoms with E-state index in [1.54, 1.807) is 0 Å². The molecule has 0 amide bonds. The molecule has 0 bridgehead atoms. The van der Waals surface area contributed by atoms with Crippen molar-refractivity contribution in [3.05, 3.63) is 16.3 Å². The molecule has 0 aromatic carbocycles. The van der Waals surface area contributed by atoms with Crippen molar-refractivity contribution in [2.45, 2.75) is 44.2 Å². The Balaban J connectivity index is 1.40. The normalized spacial score (nSPS) is 27.8. The SMILES string of the molecule is C1CCc2c(sc3nc(CN4CCOCC4)nc(N4CCOC5(CCOC5)C4)c23)C1. The van der Waals surface area contributed by atoms with Crippen molar-refractivity contribution >= 4 is 27.4 Å². The molecule has 5 heterocycles. The summed E-state index contributed by atoms with van der Waals surface area (Å²) in [6.45, 7) is 8.28. The summed E-state index contributed by atoms with van der Waals surface area (Å²) in [7, 11) is 0. The van der Waals surface area contributed by atoms with Crippen molar-refractivity contribution in [3.8, 4) is 0 Å². The van der Waals surface area contributed by atoms with E-state index in [2.05, 4.69) is 9.80 Å². The lowest BCUT2D eigenvalue weighted by atomic mass is 9.96. The molecule has 0 saturated carbocycles. The number of morpholine rings is 2. The molecule has 3 fully saturated rings. The van der Waals surface area contributed by atoms with Gasteiger partial charge in [0.2, 0.25) is 0 Å². The van der Waals surface area contributed by atoms with Gasteiger partial charge < -0.3 is 19.1 Å². The Morgan fingerprint density at radius 2 is 1.87 bits per heavy atom. The quantitative estimate of drug-likeness (QED) is 0.741. The number of aryl methyl sites for hydroxylation is 2. The van der Waals surface area contributed by atoms with Gasteiger partial charge in [0.25, 0.3) is 0 Å². The Kier molecular flexibility index (Phi) is 5.15. The Bertz CT molecular complexity index is 921. The van der Waals surface area contributed by atoms with Crippen molar-refractivity contribution in [1.29, 1.82) is 0 Å². The predicted octanol–water partition coefficient (Wildman–Crippen LogP) is 2.40. The van der Waals surface area contributed by atoms with Crippen LogP contribution in [0.2, 0.25) is 0 Å². The van der Waals surface area contributed by atoms with E-state index < -0.39 is 0 Å². The number of aromatic nitrogens is 2. The number of rotatable bonds is 3. The van der Waals surface area contributed by atoms with Crippen molar-refractivity contribution in [3.63, 3.8) is 0 Å². The average Bonchev–Trinajstić information content (AvgIpc) is 3.38. The second kappa shape index (κ2) is 7.98. The fourth-order valence-electron chi connectivity index (χ4n) is 5.29. The highest BCUT2D eigenvalue weighted by molar-refractivity contribution is 7.19. The van der Waals surface area contributed by atoms with E-state index in [4.69, 9.17) is 24.2 Å². The molecule has 6 rings (SSSR count). The Morgan fingerprint density at radius 1 is 0.967 bits per heavy atom. The van der Waals surface area contributed by atoms with Gasteiger partial charge in [-0.1, -0.05) is 0 Å². The number of anilines is 1. The standard InChI is InChI=1S/C22H30N4O3S/c1-2-4-17-16(3-1)19-20(26-8-12-29-22(14-26)5-9-28-15-22)23-18(24-21(19)30-17)13-25-6-10-27-11-7-25/h1-15H2. The van der Waals surface area contributed by atoms with Crippen LogP contribution in [0.15, 0.2) is 0 Å². The minimum absolute atomic E-state index is 0.171. The molecular formula is C22H30N4O3S. The van der Waals surface area contributed by atoms with E-state index in [0.29, 0.717) is 6.61 Å². The van der Waals surface area contributed by atoms with Crippen molar-refractivity contribution in [2.75, 3.05) is 64.1 Å². The summed E-state index contributed by atoms with van der Waals surface area (Å²) < 4.78 is 17.4. The van der Waals surface area contributed by atoms with Crippen molar-refractivity contribution < 1.29 is 14.2 Å². The van der Waals surface area contributed by atoms with E-state index in [9.17, 15) is 0 Å². The van der Waals surface area contributed by atoms with E-state index >= 15 is 0 Å². The van der Waals surface area contributed by atoms with Gasteiger partial charge in [0.05, 0.1) is 44.9 Å². The van der Waals surface area contributed by atoms with E-state index in [1.807, 2.05) is 11.3 Å². The van der Waals surface area contributed by atoms with Gasteiger partial charge in [0.15, 0.2) is 0 Å². The van der Waals surface area contributed by atoms with E-state index in [0.717, 1.165) is 83.6 Å². The number of thiophene rings is 1. The van der Waals surface area contributed by atoms with Gasteiger partial charge in [-0.2, -0.15) is 0 Å². The maximum Gasteiger partial charge on any atom is 0.146 e. The number of hydrogen-bond donors (Lipinski definition) is 0. The van der Waals surface area contributed by atoms with Crippen molar-refractivity contribution in [2.24, 2.45) is 0 Å². The number of nitrogens with zero attached hydrogens (tertiary/aromatic N) is 4. The first-order valence-electron chi connectivity index (χ1n) is 11.4. The zero-order chi connectivity index (χ0) is 20.0. The third kappa shape index (κ3) is 3.52. The highest BCUT2D eigenvalue weighted by Crippen LogP contribution is 2.41. The molecule has 3 aliphatic heterocycles. The summed E-state index contributed by atoms with van der Waals surface area (Å²) in [5.74, 6) is 2.08. The van der Waals surface area contributed by atoms with E-state index in [-0.39, 0.29) is 5.60 Å². The molecule has 7 nitrogen and oxygen atoms in total. The lowest BCUT2D eigenvalue weighted by Gasteiger charge is -2.40. The van der Waals surface area contributed by atoms with Crippen LogP contribution in [0.4, 0.5) is 5.82 Å². The summed E-state index contributed by atoms with van der Waals surface area (Å²) in [5, 5.41) is 1.32. The molecule has 3 saturated heterocycles. The van der Waals surface area contributed by atoms with Crippen LogP contribution in [0.5, 0.6) is 0 Å². The summed E-state index contributed by atoms with van der Waals surface area (Å²) in [6, 6.07) is 0. The Morgan fingerprint density at radius 3 is 2.73 bits per heavy atom. The highest BCUT2D eigenvalue weighted by atomic mass is 32.1. The fraction of sp³-hybridized carbons (Fsp3) is 0.727. The second-order valence-electron chi connectivity index (χ2n) is 9.00. The molecule has 8 heteroatoms. The number of fused-ring (bicyclic) bond motifs is 3. The maximum atomic E-state index is 6.21. The number of ether oxygens (including phenoxy) is 3. The maximum absolute atomic E-state index is 6.21. The molecule has 2 aromatic rings. The molecule has 1 atom stereocenters. The summed E-state index contributed by atoms with van der Waals surface area (Å²) in [5.41, 5.74) is 1.34. The summed E-state index contributed by atoms with van der Waals surface area (Å²) in [4.78, 5) is 17.8. The number of hydrogen-bond acceptors (Lipinski definition) is 8. The molecule has 30 heavy (non-hydrogen) atoms. The first kappa shape index (κ1) is 19.4. The predicted molar refractivity (Wildman–Crippen MR) is 116 cm³/mol. The smallest absolute Gasteiger partial charge is 0.146 e. The van der Waals surface area contributed by atoms with Gasteiger partial charge in [0.1, 0.15) is 22.1 Å². The summed E-state index contributed by atoms with van der Waals surface area (Å²) >= 11 is 1.90. The van der Waals surface area contributed by atoms with Gasteiger partial charge in [0, 0.05) is 37.5 Å². The van der Waals surface area contributed by atoms with Crippen LogP contribution in [-0.4, -0.2) is 79.7 Å². The van der Waals surface area contributed by atoms with Crippen LogP contribution in [-0.2, 0) is 33.6 Å². The summed E-state index contributed by atoms with van der Waals surface area (Å²) in [6.07, 6.45) is 5.89. The molecule has 1 aliphatic carbocycles. The average molecular weight is 431 g/mol. The van der Waals surface area contributed by atoms with Crippen LogP contribution < -0.4 is 4.90 Å². The monoisotopic (exact) mass is 430 g/mol. The van der Waals surface area contributed by atoms with E-state index in [1.165, 1.54) is 39.9 Å². The minimum atomic E-state index is -0.171. The largest absolute Gasteiger partial charge is 0.379 e. The van der Waals surface area contributed by atoms with Crippen LogP contribution in [0.3, 0.4) is 0 Å². The van der Waals surface area contributed by atoms with Crippen LogP contribution >= 0.6 is 11.3 Å². The topological polar surface area (TPSA) is 60.0 Å². The molecule has 1 unspecified atom stereocenters. The molecule has 1 spiro atoms. The van der Waals surface area contributed by atoms with Gasteiger partial charge in [-0.05, 0) is 31.2 Å². The molecular weight excluding hydrogens is 400 g/mol. The van der Waals surface area contributed by atoms with Gasteiger partial charge >= 0.3 is 0 Å².